The minimum Gasteiger partial charge on any atom is -0.213 e. The van der Waals surface area contributed by atoms with Crippen molar-refractivity contribution in [2.24, 2.45) is 0 Å². The van der Waals surface area contributed by atoms with Crippen LogP contribution >= 0.6 is 0 Å². The first-order valence-electron chi connectivity index (χ1n) is 29.8. The molecule has 1 heterocycles. The maximum Gasteiger partial charge on any atom is 0.163 e. The van der Waals surface area contributed by atoms with E-state index in [9.17, 15) is 0 Å². The highest BCUT2D eigenvalue weighted by molar-refractivity contribution is 5.86. The van der Waals surface area contributed by atoms with Crippen LogP contribution in [0.15, 0.2) is 182 Å². The minimum atomic E-state index is 0.0787. The Bertz CT molecular complexity index is 3760. The SMILES string of the molecule is CCCc1nc(-c2ccc(-c3cc(C)c(-c4cc(-c5ccc(C(C)(C)C)cc5)cc(-c5ccc(C(C)(C)C)cc5)c4)cc3C)cc2)n(-c2cc(C)c(-c3cc(-c4ccc(C(C)(C)C)cc4)cc(-c4ccc(C(C)(C)C)cc4)c3)c(C)c2)n1. The normalized spacial score (nSPS) is 12.3. The molecular formula is C79H85N3. The van der Waals surface area contributed by atoms with E-state index in [1.807, 2.05) is 0 Å². The van der Waals surface area contributed by atoms with Crippen LogP contribution in [0.25, 0.3) is 95.0 Å². The first-order valence-corrected chi connectivity index (χ1v) is 29.8. The van der Waals surface area contributed by atoms with Crippen LogP contribution in [0, 0.1) is 27.7 Å². The van der Waals surface area contributed by atoms with Crippen LogP contribution in [-0.2, 0) is 28.1 Å². The van der Waals surface area contributed by atoms with E-state index in [1.165, 1.54) is 122 Å². The lowest BCUT2D eigenvalue weighted by atomic mass is 9.84. The molecular weight excluding hydrogens is 991 g/mol. The van der Waals surface area contributed by atoms with Gasteiger partial charge in [-0.15, -0.1) is 0 Å². The molecule has 0 saturated carbocycles. The van der Waals surface area contributed by atoms with Gasteiger partial charge in [0.05, 0.1) is 5.69 Å². The average molecular weight is 1080 g/mol. The second-order valence-electron chi connectivity index (χ2n) is 27.4. The summed E-state index contributed by atoms with van der Waals surface area (Å²) in [6.07, 6.45) is 1.77. The van der Waals surface area contributed by atoms with Crippen LogP contribution in [0.3, 0.4) is 0 Å². The number of aromatic nitrogens is 3. The van der Waals surface area contributed by atoms with Crippen molar-refractivity contribution in [3.63, 3.8) is 0 Å². The number of aryl methyl sites for hydroxylation is 5. The Hall–Kier alpha value is -7.88. The third kappa shape index (κ3) is 12.2. The maximum atomic E-state index is 5.24. The molecule has 1 aromatic heterocycles. The van der Waals surface area contributed by atoms with E-state index < -0.39 is 0 Å². The molecule has 0 N–H and O–H groups in total. The van der Waals surface area contributed by atoms with Gasteiger partial charge in [0.1, 0.15) is 0 Å². The molecule has 10 rings (SSSR count). The Balaban J connectivity index is 0.990. The van der Waals surface area contributed by atoms with Crippen LogP contribution in [0.4, 0.5) is 0 Å². The van der Waals surface area contributed by atoms with E-state index in [-0.39, 0.29) is 21.7 Å². The van der Waals surface area contributed by atoms with E-state index in [2.05, 4.69) is 304 Å². The molecule has 3 nitrogen and oxygen atoms in total. The fourth-order valence-electron chi connectivity index (χ4n) is 11.7. The van der Waals surface area contributed by atoms with Crippen LogP contribution < -0.4 is 0 Å². The molecule has 10 aromatic rings. The zero-order valence-corrected chi connectivity index (χ0v) is 52.1. The van der Waals surface area contributed by atoms with Gasteiger partial charge in [-0.05, 0) is 227 Å². The Morgan fingerprint density at radius 1 is 0.317 bits per heavy atom. The van der Waals surface area contributed by atoms with E-state index in [4.69, 9.17) is 10.1 Å². The summed E-state index contributed by atoms with van der Waals surface area (Å²) in [5.74, 6) is 1.70. The highest BCUT2D eigenvalue weighted by atomic mass is 15.4. The first-order chi connectivity index (χ1) is 38.7. The van der Waals surface area contributed by atoms with Gasteiger partial charge in [-0.2, -0.15) is 5.10 Å². The number of hydrogen-bond donors (Lipinski definition) is 0. The molecule has 0 aliphatic heterocycles. The molecule has 0 saturated heterocycles. The smallest absolute Gasteiger partial charge is 0.163 e. The van der Waals surface area contributed by atoms with E-state index in [0.29, 0.717) is 0 Å². The Morgan fingerprint density at radius 3 is 0.963 bits per heavy atom. The van der Waals surface area contributed by atoms with Crippen molar-refractivity contribution in [1.82, 2.24) is 14.8 Å². The van der Waals surface area contributed by atoms with Crippen molar-refractivity contribution in [1.29, 1.82) is 0 Å². The lowest BCUT2D eigenvalue weighted by Gasteiger charge is -2.20. The molecule has 82 heavy (non-hydrogen) atoms. The fraction of sp³-hybridized carbons (Fsp3) is 0.291. The number of benzene rings is 9. The Morgan fingerprint density at radius 2 is 0.622 bits per heavy atom. The summed E-state index contributed by atoms with van der Waals surface area (Å²) in [5, 5.41) is 5.22. The van der Waals surface area contributed by atoms with Crippen molar-refractivity contribution in [3.05, 3.63) is 232 Å². The molecule has 0 aliphatic rings. The molecule has 0 unspecified atom stereocenters. The van der Waals surface area contributed by atoms with Gasteiger partial charge in [0, 0.05) is 12.0 Å². The lowest BCUT2D eigenvalue weighted by molar-refractivity contribution is 0.590. The lowest BCUT2D eigenvalue weighted by Crippen LogP contribution is -2.10. The maximum absolute atomic E-state index is 5.24. The quantitative estimate of drug-likeness (QED) is 0.129. The summed E-state index contributed by atoms with van der Waals surface area (Å²) in [5.41, 5.74) is 29.6. The summed E-state index contributed by atoms with van der Waals surface area (Å²) < 4.78 is 2.07. The molecule has 0 atom stereocenters. The third-order valence-electron chi connectivity index (χ3n) is 16.7. The van der Waals surface area contributed by atoms with Crippen molar-refractivity contribution < 1.29 is 0 Å². The van der Waals surface area contributed by atoms with Gasteiger partial charge in [0.15, 0.2) is 11.6 Å². The zero-order chi connectivity index (χ0) is 58.6. The molecule has 0 radical (unpaired) electrons. The predicted octanol–water partition coefficient (Wildman–Crippen LogP) is 22.0. The largest absolute Gasteiger partial charge is 0.213 e. The van der Waals surface area contributed by atoms with Crippen LogP contribution in [0.2, 0.25) is 0 Å². The van der Waals surface area contributed by atoms with Crippen molar-refractivity contribution in [2.45, 2.75) is 152 Å². The van der Waals surface area contributed by atoms with Gasteiger partial charge in [-0.3, -0.25) is 0 Å². The van der Waals surface area contributed by atoms with Gasteiger partial charge in [0.25, 0.3) is 0 Å². The number of nitrogens with zero attached hydrogens (tertiary/aromatic N) is 3. The first kappa shape index (κ1) is 57.4. The van der Waals surface area contributed by atoms with Gasteiger partial charge in [-0.25, -0.2) is 9.67 Å². The standard InChI is InChI=1S/C79H85N3/c1-18-19-73-80-75(82(81-73)70-40-52(4)74(53(5)41-70)65-48-62(56-28-36-68(37-29-56)78(12,13)14)45-63(49-65)57-30-38-69(39-31-57)79(15,16)17)59-22-20-58(21-23-59)71-42-51(3)72(43-50(71)2)64-46-60(54-24-32-66(33-25-54)76(6,7)8)44-61(47-64)55-26-34-67(35-27-55)77(9,10)11/h20-49H,18-19H2,1-17H3. The Labute approximate surface area is 491 Å². The van der Waals surface area contributed by atoms with Gasteiger partial charge in [0.2, 0.25) is 0 Å². The topological polar surface area (TPSA) is 30.7 Å². The summed E-state index contributed by atoms with van der Waals surface area (Å²) in [6.45, 7) is 38.5. The third-order valence-corrected chi connectivity index (χ3v) is 16.7. The summed E-state index contributed by atoms with van der Waals surface area (Å²) in [6, 6.07) is 69.2. The van der Waals surface area contributed by atoms with Crippen LogP contribution in [0.1, 0.15) is 147 Å². The second-order valence-corrected chi connectivity index (χ2v) is 27.4. The second kappa shape index (κ2) is 22.1. The monoisotopic (exact) mass is 1080 g/mol. The fourth-order valence-corrected chi connectivity index (χ4v) is 11.7. The van der Waals surface area contributed by atoms with E-state index >= 15 is 0 Å². The molecule has 0 fully saturated rings. The van der Waals surface area contributed by atoms with Gasteiger partial charge >= 0.3 is 0 Å². The van der Waals surface area contributed by atoms with Gasteiger partial charge in [-0.1, -0.05) is 223 Å². The van der Waals surface area contributed by atoms with Crippen LogP contribution in [-0.4, -0.2) is 14.8 Å². The molecule has 0 amide bonds. The van der Waals surface area contributed by atoms with Crippen molar-refractivity contribution in [3.8, 4) is 95.0 Å². The number of rotatable bonds is 11. The predicted molar refractivity (Wildman–Crippen MR) is 353 cm³/mol. The van der Waals surface area contributed by atoms with Crippen molar-refractivity contribution in [2.75, 3.05) is 0 Å². The highest BCUT2D eigenvalue weighted by Crippen LogP contribution is 2.41. The molecule has 0 bridgehead atoms. The van der Waals surface area contributed by atoms with E-state index in [1.54, 1.807) is 0 Å². The summed E-state index contributed by atoms with van der Waals surface area (Å²) >= 11 is 0. The van der Waals surface area contributed by atoms with Gasteiger partial charge < -0.3 is 0 Å². The zero-order valence-electron chi connectivity index (χ0n) is 52.1. The molecule has 416 valence electrons. The molecule has 9 aromatic carbocycles. The molecule has 3 heteroatoms. The Kier molecular flexibility index (Phi) is 15.5. The van der Waals surface area contributed by atoms with Crippen molar-refractivity contribution >= 4 is 0 Å². The van der Waals surface area contributed by atoms with Crippen LogP contribution in [0.5, 0.6) is 0 Å². The van der Waals surface area contributed by atoms with E-state index in [0.717, 1.165) is 35.7 Å². The molecule has 0 spiro atoms. The highest BCUT2D eigenvalue weighted by Gasteiger charge is 2.22. The average Bonchev–Trinajstić information content (AvgIpc) is 4.00. The molecule has 0 aliphatic carbocycles. The summed E-state index contributed by atoms with van der Waals surface area (Å²) in [7, 11) is 0. The summed E-state index contributed by atoms with van der Waals surface area (Å²) in [4.78, 5) is 5.24. The minimum absolute atomic E-state index is 0.0787. The number of hydrogen-bond acceptors (Lipinski definition) is 2.